The van der Waals surface area contributed by atoms with Gasteiger partial charge in [0.1, 0.15) is 5.60 Å². The van der Waals surface area contributed by atoms with Crippen LogP contribution in [0, 0.1) is 0 Å². The van der Waals surface area contributed by atoms with Gasteiger partial charge in [0.15, 0.2) is 0 Å². The Hall–Kier alpha value is -2.87. The van der Waals surface area contributed by atoms with Crippen LogP contribution in [0.1, 0.15) is 38.3 Å². The third kappa shape index (κ3) is 9.65. The van der Waals surface area contributed by atoms with E-state index in [1.165, 1.54) is 0 Å². The van der Waals surface area contributed by atoms with Gasteiger partial charge >= 0.3 is 6.09 Å². The number of benzene rings is 2. The molecule has 0 saturated carbocycles. The Morgan fingerprint density at radius 1 is 0.935 bits per heavy atom. The summed E-state index contributed by atoms with van der Waals surface area (Å²) in [5.74, 6) is -0.285. The second-order valence-electron chi connectivity index (χ2n) is 7.97. The molecule has 0 unspecified atom stereocenters. The van der Waals surface area contributed by atoms with Crippen molar-refractivity contribution in [1.29, 1.82) is 0 Å². The Labute approximate surface area is 191 Å². The lowest BCUT2D eigenvalue weighted by Gasteiger charge is -2.19. The highest BCUT2D eigenvalue weighted by Crippen LogP contribution is 2.17. The molecular formula is C23H28BrN3O4. The van der Waals surface area contributed by atoms with Crippen LogP contribution in [0.5, 0.6) is 0 Å². The van der Waals surface area contributed by atoms with Crippen molar-refractivity contribution < 1.29 is 19.1 Å². The van der Waals surface area contributed by atoms with Gasteiger partial charge in [0.2, 0.25) is 11.8 Å². The van der Waals surface area contributed by atoms with Crippen LogP contribution in [0.15, 0.2) is 53.0 Å². The minimum Gasteiger partial charge on any atom is -0.444 e. The number of carbonyl (C=O) groups excluding carboxylic acids is 3. The number of amides is 3. The number of anilines is 1. The molecule has 7 nitrogen and oxygen atoms in total. The van der Waals surface area contributed by atoms with Crippen LogP contribution in [0.4, 0.5) is 10.5 Å². The SMILES string of the molecule is CC(C)(C)OC(=O)NCCC(=O)NCc1ccc(NC(=O)Cc2ccccc2Br)cc1. The zero-order chi connectivity index (χ0) is 22.9. The van der Waals surface area contributed by atoms with Crippen molar-refractivity contribution in [2.24, 2.45) is 0 Å². The third-order valence-corrected chi connectivity index (χ3v) is 4.83. The van der Waals surface area contributed by atoms with Crippen molar-refractivity contribution >= 4 is 39.5 Å². The minimum absolute atomic E-state index is 0.106. The zero-order valence-electron chi connectivity index (χ0n) is 18.0. The maximum Gasteiger partial charge on any atom is 0.407 e. The number of carbonyl (C=O) groups is 3. The predicted octanol–water partition coefficient (Wildman–Crippen LogP) is 4.16. The van der Waals surface area contributed by atoms with Crippen LogP contribution in [0.3, 0.4) is 0 Å². The molecule has 31 heavy (non-hydrogen) atoms. The second-order valence-corrected chi connectivity index (χ2v) is 8.82. The summed E-state index contributed by atoms with van der Waals surface area (Å²) in [5, 5.41) is 8.21. The van der Waals surface area contributed by atoms with Gasteiger partial charge in [0.25, 0.3) is 0 Å². The first kappa shape index (κ1) is 24.4. The predicted molar refractivity (Wildman–Crippen MR) is 124 cm³/mol. The molecular weight excluding hydrogens is 462 g/mol. The van der Waals surface area contributed by atoms with Crippen molar-refractivity contribution in [3.05, 3.63) is 64.1 Å². The summed E-state index contributed by atoms with van der Waals surface area (Å²) in [4.78, 5) is 35.7. The van der Waals surface area contributed by atoms with Crippen molar-refractivity contribution in [2.75, 3.05) is 11.9 Å². The molecule has 166 valence electrons. The third-order valence-electron chi connectivity index (χ3n) is 4.06. The largest absolute Gasteiger partial charge is 0.444 e. The quantitative estimate of drug-likeness (QED) is 0.518. The maximum absolute atomic E-state index is 12.2. The van der Waals surface area contributed by atoms with Gasteiger partial charge in [0.05, 0.1) is 6.42 Å². The number of ether oxygens (including phenoxy) is 1. The van der Waals surface area contributed by atoms with Crippen molar-refractivity contribution in [3.63, 3.8) is 0 Å². The molecule has 8 heteroatoms. The van der Waals surface area contributed by atoms with Gasteiger partial charge < -0.3 is 20.7 Å². The molecule has 0 aliphatic rings. The fraction of sp³-hybridized carbons (Fsp3) is 0.348. The molecule has 2 aromatic carbocycles. The first-order valence-electron chi connectivity index (χ1n) is 9.98. The lowest BCUT2D eigenvalue weighted by atomic mass is 10.1. The summed E-state index contributed by atoms with van der Waals surface area (Å²) < 4.78 is 6.01. The van der Waals surface area contributed by atoms with Crippen LogP contribution in [0.2, 0.25) is 0 Å². The maximum atomic E-state index is 12.2. The smallest absolute Gasteiger partial charge is 0.407 e. The Morgan fingerprint density at radius 2 is 1.61 bits per heavy atom. The summed E-state index contributed by atoms with van der Waals surface area (Å²) in [7, 11) is 0. The molecule has 3 N–H and O–H groups in total. The summed E-state index contributed by atoms with van der Waals surface area (Å²) in [5.41, 5.74) is 1.93. The topological polar surface area (TPSA) is 96.5 Å². The molecule has 0 saturated heterocycles. The number of halogens is 1. The molecule has 0 spiro atoms. The fourth-order valence-electron chi connectivity index (χ4n) is 2.61. The fourth-order valence-corrected chi connectivity index (χ4v) is 3.03. The molecule has 0 radical (unpaired) electrons. The molecule has 2 rings (SSSR count). The molecule has 2 aromatic rings. The van der Waals surface area contributed by atoms with Crippen molar-refractivity contribution in [2.45, 2.75) is 45.8 Å². The standard InChI is InChI=1S/C23H28BrN3O4/c1-23(2,3)31-22(30)25-13-12-20(28)26-15-16-8-10-18(11-9-16)27-21(29)14-17-6-4-5-7-19(17)24/h4-11H,12-15H2,1-3H3,(H,25,30)(H,26,28)(H,27,29). The van der Waals surface area contributed by atoms with Gasteiger partial charge in [-0.05, 0) is 50.1 Å². The normalized spacial score (nSPS) is 10.8. The second kappa shape index (κ2) is 11.5. The lowest BCUT2D eigenvalue weighted by Crippen LogP contribution is -2.35. The average molecular weight is 490 g/mol. The summed E-state index contributed by atoms with van der Waals surface area (Å²) >= 11 is 3.44. The van der Waals surface area contributed by atoms with E-state index in [9.17, 15) is 14.4 Å². The van der Waals surface area contributed by atoms with Gasteiger partial charge in [-0.15, -0.1) is 0 Å². The highest BCUT2D eigenvalue weighted by atomic mass is 79.9. The molecule has 0 aliphatic carbocycles. The Bertz CT molecular complexity index is 908. The van der Waals surface area contributed by atoms with Crippen LogP contribution >= 0.6 is 15.9 Å². The van der Waals surface area contributed by atoms with E-state index in [2.05, 4.69) is 31.9 Å². The van der Waals surface area contributed by atoms with Crippen LogP contribution in [0.25, 0.3) is 0 Å². The first-order chi connectivity index (χ1) is 14.6. The Kier molecular flexibility index (Phi) is 9.05. The number of hydrogen-bond donors (Lipinski definition) is 3. The number of rotatable bonds is 8. The number of hydrogen-bond acceptors (Lipinski definition) is 4. The molecule has 0 atom stereocenters. The molecule has 0 fully saturated rings. The van der Waals surface area contributed by atoms with Gasteiger partial charge in [-0.2, -0.15) is 0 Å². The van der Waals surface area contributed by atoms with E-state index in [1.54, 1.807) is 32.9 Å². The number of alkyl carbamates (subject to hydrolysis) is 1. The van der Waals surface area contributed by atoms with E-state index >= 15 is 0 Å². The highest BCUT2D eigenvalue weighted by Gasteiger charge is 2.15. The Morgan fingerprint density at radius 3 is 2.26 bits per heavy atom. The van der Waals surface area contributed by atoms with Gasteiger partial charge in [0, 0.05) is 29.7 Å². The van der Waals surface area contributed by atoms with E-state index in [4.69, 9.17) is 4.74 Å². The van der Waals surface area contributed by atoms with Crippen LogP contribution in [-0.4, -0.2) is 30.1 Å². The van der Waals surface area contributed by atoms with Crippen molar-refractivity contribution in [1.82, 2.24) is 10.6 Å². The summed E-state index contributed by atoms with van der Waals surface area (Å²) in [6.45, 7) is 5.88. The van der Waals surface area contributed by atoms with Crippen LogP contribution in [-0.2, 0) is 27.3 Å². The lowest BCUT2D eigenvalue weighted by molar-refractivity contribution is -0.121. The molecule has 0 bridgehead atoms. The molecule has 0 heterocycles. The van der Waals surface area contributed by atoms with E-state index in [0.717, 1.165) is 15.6 Å². The van der Waals surface area contributed by atoms with Crippen LogP contribution < -0.4 is 16.0 Å². The highest BCUT2D eigenvalue weighted by molar-refractivity contribution is 9.10. The van der Waals surface area contributed by atoms with Gasteiger partial charge in [-0.25, -0.2) is 4.79 Å². The Balaban J connectivity index is 1.71. The minimum atomic E-state index is -0.573. The van der Waals surface area contributed by atoms with Crippen molar-refractivity contribution in [3.8, 4) is 0 Å². The molecule has 0 aromatic heterocycles. The van der Waals surface area contributed by atoms with Gasteiger partial charge in [-0.1, -0.05) is 46.3 Å². The molecule has 0 aliphatic heterocycles. The number of nitrogens with one attached hydrogen (secondary N) is 3. The molecule has 3 amide bonds. The summed E-state index contributed by atoms with van der Waals surface area (Å²) in [6.07, 6.45) is -0.114. The van der Waals surface area contributed by atoms with E-state index in [-0.39, 0.29) is 31.2 Å². The summed E-state index contributed by atoms with van der Waals surface area (Å²) in [6, 6.07) is 14.9. The van der Waals surface area contributed by atoms with E-state index < -0.39 is 11.7 Å². The average Bonchev–Trinajstić information content (AvgIpc) is 2.68. The zero-order valence-corrected chi connectivity index (χ0v) is 19.5. The van der Waals surface area contributed by atoms with Gasteiger partial charge in [-0.3, -0.25) is 9.59 Å². The van der Waals surface area contributed by atoms with E-state index in [0.29, 0.717) is 12.2 Å². The first-order valence-corrected chi connectivity index (χ1v) is 10.8. The van der Waals surface area contributed by atoms with E-state index in [1.807, 2.05) is 36.4 Å². The monoisotopic (exact) mass is 489 g/mol.